The van der Waals surface area contributed by atoms with Crippen LogP contribution in [0.2, 0.25) is 0 Å². The fraction of sp³-hybridized carbons (Fsp3) is 0.0833. The van der Waals surface area contributed by atoms with Crippen molar-refractivity contribution >= 4 is 19.7 Å². The first-order valence-electron chi connectivity index (χ1n) is 6.01. The van der Waals surface area contributed by atoms with Crippen molar-refractivity contribution in [3.63, 3.8) is 0 Å². The van der Waals surface area contributed by atoms with E-state index in [9.17, 15) is 9.59 Å². The zero-order valence-corrected chi connectivity index (χ0v) is 12.4. The molecule has 0 saturated heterocycles. The van der Waals surface area contributed by atoms with E-state index in [1.807, 2.05) is 30.3 Å². The number of para-hydroxylation sites is 1. The van der Waals surface area contributed by atoms with Gasteiger partial charge < -0.3 is 0 Å². The molecule has 0 atom stereocenters. The number of rotatable bonds is 4. The van der Waals surface area contributed by atoms with Crippen LogP contribution in [0, 0.1) is 0 Å². The number of hydrogen-bond acceptors (Lipinski definition) is 5. The molecule has 0 saturated carbocycles. The summed E-state index contributed by atoms with van der Waals surface area (Å²) in [6, 6.07) is 9.53. The van der Waals surface area contributed by atoms with Gasteiger partial charge in [0.15, 0.2) is 0 Å². The van der Waals surface area contributed by atoms with Gasteiger partial charge in [0.2, 0.25) is 0 Å². The van der Waals surface area contributed by atoms with Crippen molar-refractivity contribution in [3.8, 4) is 5.69 Å². The molecule has 0 aliphatic rings. The molecule has 2 N–H and O–H groups in total. The Morgan fingerprint density at radius 2 is 2.00 bits per heavy atom. The average Bonchev–Trinajstić information content (AvgIpc) is 2.96. The molecule has 0 aliphatic carbocycles. The number of aromatic nitrogens is 6. The van der Waals surface area contributed by atoms with Gasteiger partial charge in [0.05, 0.1) is 0 Å². The molecule has 0 unspecified atom stereocenters. The van der Waals surface area contributed by atoms with Crippen molar-refractivity contribution in [2.45, 2.75) is 5.32 Å². The number of nitrogens with zero attached hydrogens (tertiary/aromatic N) is 4. The van der Waals surface area contributed by atoms with Gasteiger partial charge in [0, 0.05) is 0 Å². The van der Waals surface area contributed by atoms with Crippen LogP contribution in [0.5, 0.6) is 0 Å². The molecule has 0 amide bonds. The molecule has 0 bridgehead atoms. The molecule has 2 aromatic heterocycles. The van der Waals surface area contributed by atoms with E-state index in [2.05, 4.69) is 25.5 Å². The quantitative estimate of drug-likeness (QED) is 0.561. The molecule has 0 spiro atoms. The summed E-state index contributed by atoms with van der Waals surface area (Å²) in [6.07, 6.45) is 1.43. The molecule has 3 aromatic rings. The van der Waals surface area contributed by atoms with Crippen LogP contribution in [-0.2, 0) is 5.32 Å². The predicted octanol–water partition coefficient (Wildman–Crippen LogP) is -1.43. The van der Waals surface area contributed by atoms with Gasteiger partial charge in [-0.05, 0) is 0 Å². The van der Waals surface area contributed by atoms with Crippen molar-refractivity contribution in [2.75, 3.05) is 0 Å². The van der Waals surface area contributed by atoms with Gasteiger partial charge in [-0.3, -0.25) is 0 Å². The molecule has 21 heavy (non-hydrogen) atoms. The number of tetrazole rings is 1. The Morgan fingerprint density at radius 3 is 2.76 bits per heavy atom. The molecule has 3 rings (SSSR count). The number of H-pyrrole nitrogens is 2. The van der Waals surface area contributed by atoms with E-state index in [0.29, 0.717) is 15.6 Å². The predicted molar refractivity (Wildman–Crippen MR) is 75.9 cm³/mol. The summed E-state index contributed by atoms with van der Waals surface area (Å²) in [7, 11) is 0. The molecule has 1 aromatic carbocycles. The number of hydrogen-bond donors (Lipinski definition) is 2. The fourth-order valence-corrected chi connectivity index (χ4v) is 3.49. The third kappa shape index (κ3) is 2.99. The van der Waals surface area contributed by atoms with Gasteiger partial charge in [-0.1, -0.05) is 0 Å². The summed E-state index contributed by atoms with van der Waals surface area (Å²) < 4.78 is 2.36. The second kappa shape index (κ2) is 5.86. The minimum absolute atomic E-state index is 0.134. The minimum atomic E-state index is -0.509. The van der Waals surface area contributed by atoms with Gasteiger partial charge in [0.1, 0.15) is 0 Å². The molecular formula is C12H10N6O2Se. The Labute approximate surface area is 124 Å². The van der Waals surface area contributed by atoms with E-state index in [-0.39, 0.29) is 20.5 Å². The van der Waals surface area contributed by atoms with Crippen LogP contribution in [0.4, 0.5) is 0 Å². The summed E-state index contributed by atoms with van der Waals surface area (Å²) >= 11 is -0.134. The van der Waals surface area contributed by atoms with E-state index in [1.54, 1.807) is 4.68 Å². The Morgan fingerprint density at radius 1 is 1.19 bits per heavy atom. The third-order valence-electron chi connectivity index (χ3n) is 2.69. The molecule has 0 fully saturated rings. The van der Waals surface area contributed by atoms with E-state index in [4.69, 9.17) is 0 Å². The number of benzene rings is 1. The average molecular weight is 349 g/mol. The summed E-state index contributed by atoms with van der Waals surface area (Å²) in [4.78, 5) is 27.3. The second-order valence-electron chi connectivity index (χ2n) is 4.09. The van der Waals surface area contributed by atoms with Gasteiger partial charge in [0.25, 0.3) is 0 Å². The van der Waals surface area contributed by atoms with Crippen LogP contribution >= 0.6 is 0 Å². The van der Waals surface area contributed by atoms with Crippen molar-refractivity contribution in [1.29, 1.82) is 0 Å². The maximum absolute atomic E-state index is 11.6. The van der Waals surface area contributed by atoms with Crippen molar-refractivity contribution < 1.29 is 0 Å². The van der Waals surface area contributed by atoms with Crippen molar-refractivity contribution in [2.24, 2.45) is 0 Å². The maximum atomic E-state index is 11.6. The molecule has 2 heterocycles. The molecule has 0 aliphatic heterocycles. The standard InChI is InChI=1S/C12H10N6O2Se/c19-10-8(6-13-11(20)14-10)7-21-12-15-16-17-18(12)9-4-2-1-3-5-9/h1-6H,7H2,(H2,13,14,19,20). The Balaban J connectivity index is 1.82. The van der Waals surface area contributed by atoms with Crippen LogP contribution in [-0.4, -0.2) is 45.1 Å². The fourth-order valence-electron chi connectivity index (χ4n) is 1.69. The summed E-state index contributed by atoms with van der Waals surface area (Å²) in [5.74, 6) is 0. The van der Waals surface area contributed by atoms with E-state index in [1.165, 1.54) is 6.20 Å². The monoisotopic (exact) mass is 350 g/mol. The van der Waals surface area contributed by atoms with Crippen LogP contribution in [0.25, 0.3) is 5.69 Å². The van der Waals surface area contributed by atoms with Crippen LogP contribution in [0.15, 0.2) is 46.1 Å². The molecule has 0 radical (unpaired) electrons. The summed E-state index contributed by atoms with van der Waals surface area (Å²) in [6.45, 7) is 0. The van der Waals surface area contributed by atoms with Crippen LogP contribution in [0.1, 0.15) is 5.56 Å². The zero-order valence-electron chi connectivity index (χ0n) is 10.7. The Hall–Kier alpha value is -2.51. The number of nitrogens with one attached hydrogen (secondary N) is 2. The van der Waals surface area contributed by atoms with Crippen molar-refractivity contribution in [3.05, 3.63) is 62.9 Å². The van der Waals surface area contributed by atoms with Gasteiger partial charge in [-0.25, -0.2) is 0 Å². The Bertz CT molecular complexity index is 854. The van der Waals surface area contributed by atoms with Gasteiger partial charge in [-0.15, -0.1) is 0 Å². The second-order valence-corrected chi connectivity index (χ2v) is 6.07. The normalized spacial score (nSPS) is 10.7. The first-order valence-corrected chi connectivity index (χ1v) is 8.08. The SMILES string of the molecule is O=c1[nH]cc(C[Se]c2nnnn2-c2ccccc2)c(=O)[nH]1. The van der Waals surface area contributed by atoms with Gasteiger partial charge in [-0.2, -0.15) is 0 Å². The summed E-state index contributed by atoms with van der Waals surface area (Å²) in [5.41, 5.74) is 0.497. The third-order valence-corrected chi connectivity index (χ3v) is 4.73. The van der Waals surface area contributed by atoms with Crippen LogP contribution in [0.3, 0.4) is 0 Å². The number of aromatic amines is 2. The first-order chi connectivity index (χ1) is 10.2. The Kier molecular flexibility index (Phi) is 3.76. The molecule has 9 heteroatoms. The molecule has 8 nitrogen and oxygen atoms in total. The van der Waals surface area contributed by atoms with E-state index >= 15 is 0 Å². The zero-order chi connectivity index (χ0) is 14.7. The van der Waals surface area contributed by atoms with Crippen molar-refractivity contribution in [1.82, 2.24) is 30.2 Å². The topological polar surface area (TPSA) is 109 Å². The van der Waals surface area contributed by atoms with Gasteiger partial charge >= 0.3 is 124 Å². The van der Waals surface area contributed by atoms with E-state index < -0.39 is 5.69 Å². The molecular weight excluding hydrogens is 339 g/mol. The van der Waals surface area contributed by atoms with Crippen LogP contribution < -0.4 is 16.0 Å². The van der Waals surface area contributed by atoms with E-state index in [0.717, 1.165) is 5.69 Å². The first kappa shape index (κ1) is 13.5. The summed E-state index contributed by atoms with van der Waals surface area (Å²) in [5, 5.41) is 12.1. The molecule has 106 valence electrons.